The number of hydrogen-bond acceptors (Lipinski definition) is 4. The molecule has 1 aromatic rings. The van der Waals surface area contributed by atoms with Gasteiger partial charge in [0, 0.05) is 12.2 Å². The molecule has 1 aromatic heterocycles. The maximum atomic E-state index is 8.76. The van der Waals surface area contributed by atoms with Gasteiger partial charge in [-0.05, 0) is 18.9 Å². The Kier molecular flexibility index (Phi) is 1.91. The Hall–Kier alpha value is -1.16. The summed E-state index contributed by atoms with van der Waals surface area (Å²) in [5.41, 5.74) is 0. The molecular weight excluding hydrogens is 154 g/mol. The summed E-state index contributed by atoms with van der Waals surface area (Å²) in [6, 6.07) is 2.41. The minimum Gasteiger partial charge on any atom is -0.388 e. The minimum atomic E-state index is -0.0970. The summed E-state index contributed by atoms with van der Waals surface area (Å²) in [5, 5.41) is 12.0. The Labute approximate surface area is 70.7 Å². The molecule has 0 saturated heterocycles. The summed E-state index contributed by atoms with van der Waals surface area (Å²) in [6.07, 6.45) is 4.10. The highest BCUT2D eigenvalue weighted by atomic mass is 16.3. The van der Waals surface area contributed by atoms with Crippen LogP contribution in [0.5, 0.6) is 0 Å². The van der Waals surface area contributed by atoms with Gasteiger partial charge in [0.2, 0.25) is 0 Å². The zero-order valence-corrected chi connectivity index (χ0v) is 6.70. The molecule has 4 nitrogen and oxygen atoms in total. The molecule has 0 amide bonds. The zero-order chi connectivity index (χ0) is 8.39. The number of nitrogens with zero attached hydrogens (tertiary/aromatic N) is 2. The van der Waals surface area contributed by atoms with Crippen LogP contribution in [0.3, 0.4) is 0 Å². The first-order valence-electron chi connectivity index (χ1n) is 4.08. The van der Waals surface area contributed by atoms with Gasteiger partial charge in [0.25, 0.3) is 0 Å². The Morgan fingerprint density at radius 1 is 1.58 bits per heavy atom. The molecule has 1 heterocycles. The van der Waals surface area contributed by atoms with Crippen molar-refractivity contribution in [2.75, 3.05) is 5.32 Å². The molecule has 1 aliphatic carbocycles. The molecule has 0 unspecified atom stereocenters. The lowest BCUT2D eigenvalue weighted by atomic mass is 10.5. The Morgan fingerprint density at radius 3 is 3.08 bits per heavy atom. The second-order valence-corrected chi connectivity index (χ2v) is 2.93. The van der Waals surface area contributed by atoms with Gasteiger partial charge < -0.3 is 10.4 Å². The van der Waals surface area contributed by atoms with E-state index in [0.717, 1.165) is 5.82 Å². The number of anilines is 1. The van der Waals surface area contributed by atoms with Crippen LogP contribution in [-0.4, -0.2) is 21.1 Å². The lowest BCUT2D eigenvalue weighted by Gasteiger charge is -2.02. The lowest BCUT2D eigenvalue weighted by molar-refractivity contribution is 0.271. The monoisotopic (exact) mass is 165 g/mol. The van der Waals surface area contributed by atoms with Crippen LogP contribution in [-0.2, 0) is 6.61 Å². The number of rotatable bonds is 3. The molecule has 0 bridgehead atoms. The average Bonchev–Trinajstić information content (AvgIpc) is 2.89. The highest BCUT2D eigenvalue weighted by molar-refractivity contribution is 5.35. The number of aliphatic hydroxyl groups is 1. The molecule has 1 aliphatic rings. The van der Waals surface area contributed by atoms with Crippen molar-refractivity contribution in [2.45, 2.75) is 25.5 Å². The molecular formula is C8H11N3O. The second kappa shape index (κ2) is 3.06. The van der Waals surface area contributed by atoms with Crippen molar-refractivity contribution in [3.05, 3.63) is 18.1 Å². The second-order valence-electron chi connectivity index (χ2n) is 2.93. The van der Waals surface area contributed by atoms with Crippen LogP contribution in [0.15, 0.2) is 12.3 Å². The predicted octanol–water partition coefficient (Wildman–Crippen LogP) is 0.543. The predicted molar refractivity (Wildman–Crippen MR) is 44.6 cm³/mol. The van der Waals surface area contributed by atoms with E-state index in [1.807, 2.05) is 6.07 Å². The van der Waals surface area contributed by atoms with Crippen molar-refractivity contribution in [1.82, 2.24) is 9.97 Å². The Balaban J connectivity index is 2.08. The van der Waals surface area contributed by atoms with Gasteiger partial charge in [0.1, 0.15) is 12.4 Å². The maximum Gasteiger partial charge on any atom is 0.156 e. The number of aliphatic hydroxyl groups excluding tert-OH is 1. The highest BCUT2D eigenvalue weighted by Crippen LogP contribution is 2.23. The van der Waals surface area contributed by atoms with Crippen molar-refractivity contribution in [3.63, 3.8) is 0 Å². The third-order valence-corrected chi connectivity index (χ3v) is 1.78. The van der Waals surface area contributed by atoms with Gasteiger partial charge in [0.15, 0.2) is 5.82 Å². The number of nitrogens with one attached hydrogen (secondary N) is 1. The smallest absolute Gasteiger partial charge is 0.156 e. The van der Waals surface area contributed by atoms with Gasteiger partial charge in [-0.2, -0.15) is 0 Å². The summed E-state index contributed by atoms with van der Waals surface area (Å²) in [5.74, 6) is 1.29. The fourth-order valence-corrected chi connectivity index (χ4v) is 0.992. The topological polar surface area (TPSA) is 58.0 Å². The largest absolute Gasteiger partial charge is 0.388 e. The highest BCUT2D eigenvalue weighted by Gasteiger charge is 2.21. The Bertz CT molecular complexity index is 273. The maximum absolute atomic E-state index is 8.76. The van der Waals surface area contributed by atoms with Crippen LogP contribution in [0.1, 0.15) is 18.7 Å². The third kappa shape index (κ3) is 1.71. The minimum absolute atomic E-state index is 0.0970. The van der Waals surface area contributed by atoms with Crippen molar-refractivity contribution in [3.8, 4) is 0 Å². The third-order valence-electron chi connectivity index (χ3n) is 1.78. The van der Waals surface area contributed by atoms with Crippen molar-refractivity contribution < 1.29 is 5.11 Å². The van der Waals surface area contributed by atoms with E-state index >= 15 is 0 Å². The van der Waals surface area contributed by atoms with E-state index < -0.39 is 0 Å². The molecule has 2 rings (SSSR count). The van der Waals surface area contributed by atoms with Crippen molar-refractivity contribution >= 4 is 5.82 Å². The summed E-state index contributed by atoms with van der Waals surface area (Å²) < 4.78 is 0. The summed E-state index contributed by atoms with van der Waals surface area (Å²) in [7, 11) is 0. The zero-order valence-electron chi connectivity index (χ0n) is 6.70. The van der Waals surface area contributed by atoms with E-state index in [0.29, 0.717) is 11.9 Å². The standard InChI is InChI=1S/C8H11N3O/c12-5-8-9-4-3-7(11-8)10-6-1-2-6/h3-4,6,12H,1-2,5H2,(H,9,10,11). The van der Waals surface area contributed by atoms with E-state index in [2.05, 4.69) is 15.3 Å². The molecule has 2 N–H and O–H groups in total. The first-order chi connectivity index (χ1) is 5.88. The van der Waals surface area contributed by atoms with Crippen molar-refractivity contribution in [2.24, 2.45) is 0 Å². The van der Waals surface area contributed by atoms with Gasteiger partial charge in [0.05, 0.1) is 0 Å². The van der Waals surface area contributed by atoms with Crippen LogP contribution in [0.4, 0.5) is 5.82 Å². The summed E-state index contributed by atoms with van der Waals surface area (Å²) in [4.78, 5) is 7.98. The fraction of sp³-hybridized carbons (Fsp3) is 0.500. The molecule has 0 aromatic carbocycles. The molecule has 1 saturated carbocycles. The molecule has 0 aliphatic heterocycles. The quantitative estimate of drug-likeness (QED) is 0.686. The first-order valence-corrected chi connectivity index (χ1v) is 4.08. The Morgan fingerprint density at radius 2 is 2.42 bits per heavy atom. The molecule has 4 heteroatoms. The van der Waals surface area contributed by atoms with E-state index in [9.17, 15) is 0 Å². The van der Waals surface area contributed by atoms with Gasteiger partial charge in [-0.3, -0.25) is 0 Å². The molecule has 0 radical (unpaired) electrons. The number of hydrogen-bond donors (Lipinski definition) is 2. The molecule has 64 valence electrons. The van der Waals surface area contributed by atoms with E-state index in [1.165, 1.54) is 12.8 Å². The molecule has 1 fully saturated rings. The van der Waals surface area contributed by atoms with Crippen LogP contribution >= 0.6 is 0 Å². The van der Waals surface area contributed by atoms with Crippen LogP contribution < -0.4 is 5.32 Å². The summed E-state index contributed by atoms with van der Waals surface area (Å²) in [6.45, 7) is -0.0970. The van der Waals surface area contributed by atoms with Crippen LogP contribution in [0, 0.1) is 0 Å². The molecule has 0 spiro atoms. The van der Waals surface area contributed by atoms with Crippen LogP contribution in [0.2, 0.25) is 0 Å². The first kappa shape index (κ1) is 7.49. The molecule has 0 atom stereocenters. The van der Waals surface area contributed by atoms with E-state index in [-0.39, 0.29) is 6.61 Å². The summed E-state index contributed by atoms with van der Waals surface area (Å²) >= 11 is 0. The van der Waals surface area contributed by atoms with E-state index in [4.69, 9.17) is 5.11 Å². The van der Waals surface area contributed by atoms with Gasteiger partial charge >= 0.3 is 0 Å². The van der Waals surface area contributed by atoms with Gasteiger partial charge in [-0.15, -0.1) is 0 Å². The average molecular weight is 165 g/mol. The SMILES string of the molecule is OCc1nccc(NC2CC2)n1. The number of aromatic nitrogens is 2. The fourth-order valence-electron chi connectivity index (χ4n) is 0.992. The van der Waals surface area contributed by atoms with E-state index in [1.54, 1.807) is 6.20 Å². The van der Waals surface area contributed by atoms with Crippen molar-refractivity contribution in [1.29, 1.82) is 0 Å². The van der Waals surface area contributed by atoms with Crippen LogP contribution in [0.25, 0.3) is 0 Å². The lowest BCUT2D eigenvalue weighted by Crippen LogP contribution is -2.05. The normalized spacial score (nSPS) is 16.1. The molecule has 12 heavy (non-hydrogen) atoms. The van der Waals surface area contributed by atoms with Gasteiger partial charge in [-0.25, -0.2) is 9.97 Å². The van der Waals surface area contributed by atoms with Gasteiger partial charge in [-0.1, -0.05) is 0 Å².